The molecule has 1 saturated heterocycles. The molecule has 0 aliphatic carbocycles. The van der Waals surface area contributed by atoms with E-state index in [1.807, 2.05) is 0 Å². The van der Waals surface area contributed by atoms with Gasteiger partial charge in [0.15, 0.2) is 0 Å². The smallest absolute Gasteiger partial charge is 0.282 e. The maximum absolute atomic E-state index is 12.6. The number of amides is 1. The Morgan fingerprint density at radius 1 is 1.44 bits per heavy atom. The lowest BCUT2D eigenvalue weighted by molar-refractivity contribution is -0.166. The number of aryl methyl sites for hydroxylation is 1. The highest BCUT2D eigenvalue weighted by Gasteiger charge is 2.46. The fourth-order valence-electron chi connectivity index (χ4n) is 1.72. The van der Waals surface area contributed by atoms with Crippen molar-refractivity contribution in [3.05, 3.63) is 27.9 Å². The van der Waals surface area contributed by atoms with Crippen LogP contribution in [0, 0.1) is 13.8 Å². The summed E-state index contributed by atoms with van der Waals surface area (Å²) in [5.41, 5.74) is 0.738. The first-order chi connectivity index (χ1) is 8.30. The molecule has 5 nitrogen and oxygen atoms in total. The molecule has 7 heteroatoms. The van der Waals surface area contributed by atoms with Gasteiger partial charge in [0, 0.05) is 11.3 Å². The van der Waals surface area contributed by atoms with E-state index in [1.165, 1.54) is 6.33 Å². The van der Waals surface area contributed by atoms with Gasteiger partial charge in [-0.1, -0.05) is 0 Å². The van der Waals surface area contributed by atoms with Crippen molar-refractivity contribution in [2.75, 3.05) is 13.1 Å². The average Bonchev–Trinajstić information content (AvgIpc) is 2.26. The highest BCUT2D eigenvalue weighted by atomic mass is 19.3. The minimum absolute atomic E-state index is 0.247. The van der Waals surface area contributed by atoms with Gasteiger partial charge in [-0.2, -0.15) is 0 Å². The summed E-state index contributed by atoms with van der Waals surface area (Å²) in [6, 6.07) is 0. The number of aromatic nitrogens is 2. The van der Waals surface area contributed by atoms with E-state index in [-0.39, 0.29) is 12.1 Å². The quantitative estimate of drug-likeness (QED) is 0.767. The maximum Gasteiger partial charge on any atom is 0.282 e. The summed E-state index contributed by atoms with van der Waals surface area (Å²) in [5.74, 6) is -3.28. The van der Waals surface area contributed by atoms with Crippen LogP contribution in [0.25, 0.3) is 0 Å². The number of halogens is 2. The predicted molar refractivity (Wildman–Crippen MR) is 59.5 cm³/mol. The summed E-state index contributed by atoms with van der Waals surface area (Å²) < 4.78 is 26.4. The predicted octanol–water partition coefficient (Wildman–Crippen LogP) is 0.338. The zero-order chi connectivity index (χ0) is 13.5. The average molecular weight is 257 g/mol. The molecule has 18 heavy (non-hydrogen) atoms. The molecule has 0 aromatic carbocycles. The van der Waals surface area contributed by atoms with Crippen LogP contribution < -0.4 is 5.56 Å². The number of rotatable bonds is 2. The molecular weight excluding hydrogens is 244 g/mol. The summed E-state index contributed by atoms with van der Waals surface area (Å²) in [6.45, 7) is 1.92. The summed E-state index contributed by atoms with van der Waals surface area (Å²) in [5, 5.41) is 0. The van der Waals surface area contributed by atoms with Crippen molar-refractivity contribution < 1.29 is 13.6 Å². The Balaban J connectivity index is 2.09. The molecule has 0 radical (unpaired) electrons. The van der Waals surface area contributed by atoms with Crippen LogP contribution >= 0.6 is 0 Å². The third-order valence-corrected chi connectivity index (χ3v) is 3.02. The van der Waals surface area contributed by atoms with Crippen LogP contribution in [0.3, 0.4) is 0 Å². The fraction of sp³-hybridized carbons (Fsp3) is 0.545. The normalized spacial score (nSPS) is 17.4. The van der Waals surface area contributed by atoms with Crippen LogP contribution in [0.2, 0.25) is 0 Å². The molecule has 98 valence electrons. The largest absolute Gasteiger partial charge is 0.329 e. The van der Waals surface area contributed by atoms with Crippen LogP contribution in [0.4, 0.5) is 8.78 Å². The summed E-state index contributed by atoms with van der Waals surface area (Å²) in [6.07, 6.45) is 1.26. The van der Waals surface area contributed by atoms with Crippen LogP contribution in [0.15, 0.2) is 11.1 Å². The van der Waals surface area contributed by atoms with Crippen LogP contribution in [-0.4, -0.2) is 39.4 Å². The van der Waals surface area contributed by atoms with Crippen molar-refractivity contribution in [1.29, 1.82) is 0 Å². The molecule has 1 aromatic heterocycles. The molecular formula is C11H13F2N3O2. The van der Waals surface area contributed by atoms with E-state index in [1.54, 1.807) is 13.8 Å². The highest BCUT2D eigenvalue weighted by molar-refractivity contribution is 5.77. The second kappa shape index (κ2) is 4.15. The van der Waals surface area contributed by atoms with Crippen molar-refractivity contribution in [2.45, 2.75) is 26.3 Å². The van der Waals surface area contributed by atoms with Crippen LogP contribution in [0.5, 0.6) is 0 Å². The molecule has 0 unspecified atom stereocenters. The Hall–Kier alpha value is -1.79. The first-order valence-corrected chi connectivity index (χ1v) is 5.48. The molecule has 0 N–H and O–H groups in total. The van der Waals surface area contributed by atoms with Gasteiger partial charge in [-0.05, 0) is 13.8 Å². The second-order valence-electron chi connectivity index (χ2n) is 4.49. The fourth-order valence-corrected chi connectivity index (χ4v) is 1.72. The lowest BCUT2D eigenvalue weighted by atomic mass is 10.1. The van der Waals surface area contributed by atoms with Gasteiger partial charge >= 0.3 is 0 Å². The first kappa shape index (κ1) is 12.7. The number of nitrogens with zero attached hydrogens (tertiary/aromatic N) is 3. The van der Waals surface area contributed by atoms with E-state index in [0.29, 0.717) is 11.3 Å². The van der Waals surface area contributed by atoms with Crippen molar-refractivity contribution >= 4 is 5.91 Å². The van der Waals surface area contributed by atoms with Crippen LogP contribution in [-0.2, 0) is 11.3 Å². The second-order valence-corrected chi connectivity index (χ2v) is 4.49. The molecule has 1 aliphatic rings. The van der Waals surface area contributed by atoms with Gasteiger partial charge in [0.2, 0.25) is 5.91 Å². The SMILES string of the molecule is Cc1ncn(CC(=O)N2CC(F)(F)C2)c(=O)c1C. The van der Waals surface area contributed by atoms with Gasteiger partial charge in [-0.25, -0.2) is 13.8 Å². The van der Waals surface area contributed by atoms with Gasteiger partial charge in [0.1, 0.15) is 6.54 Å². The van der Waals surface area contributed by atoms with Crippen molar-refractivity contribution in [3.8, 4) is 0 Å². The molecule has 0 bridgehead atoms. The molecule has 1 fully saturated rings. The van der Waals surface area contributed by atoms with E-state index in [4.69, 9.17) is 0 Å². The Morgan fingerprint density at radius 2 is 2.06 bits per heavy atom. The van der Waals surface area contributed by atoms with E-state index in [2.05, 4.69) is 4.98 Å². The lowest BCUT2D eigenvalue weighted by Gasteiger charge is -2.38. The van der Waals surface area contributed by atoms with E-state index < -0.39 is 24.9 Å². The molecule has 2 rings (SSSR count). The van der Waals surface area contributed by atoms with E-state index >= 15 is 0 Å². The summed E-state index contributed by atoms with van der Waals surface area (Å²) in [4.78, 5) is 28.4. The standard InChI is InChI=1S/C11H13F2N3O2/c1-7-8(2)14-6-15(10(7)18)3-9(17)16-4-11(12,13)5-16/h6H,3-5H2,1-2H3. The summed E-state index contributed by atoms with van der Waals surface area (Å²) in [7, 11) is 0. The number of hydrogen-bond donors (Lipinski definition) is 0. The molecule has 0 atom stereocenters. The van der Waals surface area contributed by atoms with Crippen molar-refractivity contribution in [1.82, 2.24) is 14.5 Å². The van der Waals surface area contributed by atoms with Gasteiger partial charge in [0.25, 0.3) is 11.5 Å². The maximum atomic E-state index is 12.6. The molecule has 0 spiro atoms. The summed E-state index contributed by atoms with van der Waals surface area (Å²) >= 11 is 0. The molecule has 1 amide bonds. The topological polar surface area (TPSA) is 55.2 Å². The number of carbonyl (C=O) groups is 1. The molecule has 1 aliphatic heterocycles. The molecule has 2 heterocycles. The Kier molecular flexibility index (Phi) is 2.92. The van der Waals surface area contributed by atoms with Gasteiger partial charge in [-0.15, -0.1) is 0 Å². The Bertz CT molecular complexity index is 546. The van der Waals surface area contributed by atoms with Crippen LogP contribution in [0.1, 0.15) is 11.3 Å². The van der Waals surface area contributed by atoms with E-state index in [9.17, 15) is 18.4 Å². The molecule has 1 aromatic rings. The van der Waals surface area contributed by atoms with E-state index in [0.717, 1.165) is 9.47 Å². The van der Waals surface area contributed by atoms with Gasteiger partial charge in [-0.3, -0.25) is 14.2 Å². The third-order valence-electron chi connectivity index (χ3n) is 3.02. The number of carbonyl (C=O) groups excluding carboxylic acids is 1. The number of likely N-dealkylation sites (tertiary alicyclic amines) is 1. The number of hydrogen-bond acceptors (Lipinski definition) is 3. The number of alkyl halides is 2. The molecule has 0 saturated carbocycles. The zero-order valence-electron chi connectivity index (χ0n) is 10.1. The highest BCUT2D eigenvalue weighted by Crippen LogP contribution is 2.26. The van der Waals surface area contributed by atoms with Gasteiger partial charge < -0.3 is 4.90 Å². The lowest BCUT2D eigenvalue weighted by Crippen LogP contribution is -2.59. The van der Waals surface area contributed by atoms with Crippen molar-refractivity contribution in [3.63, 3.8) is 0 Å². The minimum Gasteiger partial charge on any atom is -0.329 e. The Labute approximate surface area is 102 Å². The minimum atomic E-state index is -2.79. The monoisotopic (exact) mass is 257 g/mol. The van der Waals surface area contributed by atoms with Crippen molar-refractivity contribution in [2.24, 2.45) is 0 Å². The zero-order valence-corrected chi connectivity index (χ0v) is 10.1. The third kappa shape index (κ3) is 2.25. The van der Waals surface area contributed by atoms with Gasteiger partial charge in [0.05, 0.1) is 19.4 Å². The Morgan fingerprint density at radius 3 is 2.61 bits per heavy atom. The first-order valence-electron chi connectivity index (χ1n) is 5.48.